The van der Waals surface area contributed by atoms with Crippen LogP contribution in [0.25, 0.3) is 0 Å². The van der Waals surface area contributed by atoms with Crippen LogP contribution in [0.15, 0.2) is 40.5 Å². The third-order valence-corrected chi connectivity index (χ3v) is 2.09. The summed E-state index contributed by atoms with van der Waals surface area (Å²) in [6, 6.07) is 9.09. The first-order valence-corrected chi connectivity index (χ1v) is 5.89. The molecule has 0 atom stereocenters. The Bertz CT molecular complexity index is 499. The minimum absolute atomic E-state index is 0.196. The number of carbonyl (C=O) groups is 1. The number of carbonyl (C=O) groups excluding carboxylic acids is 1. The quantitative estimate of drug-likeness (QED) is 0.394. The van der Waals surface area contributed by atoms with E-state index in [1.807, 2.05) is 18.2 Å². The molecule has 0 unspecified atom stereocenters. The molecule has 1 rings (SSSR count). The molecule has 0 radical (unpaired) electrons. The predicted molar refractivity (Wildman–Crippen MR) is 74.3 cm³/mol. The highest BCUT2D eigenvalue weighted by Crippen LogP contribution is 2.12. The number of ether oxygens (including phenoxy) is 1. The summed E-state index contributed by atoms with van der Waals surface area (Å²) < 4.78 is 5.14. The average molecular weight is 262 g/mol. The van der Waals surface area contributed by atoms with Crippen molar-refractivity contribution < 1.29 is 14.7 Å². The van der Waals surface area contributed by atoms with Gasteiger partial charge in [0.1, 0.15) is 5.60 Å². The maximum atomic E-state index is 11.8. The van der Waals surface area contributed by atoms with Gasteiger partial charge in [0.15, 0.2) is 0 Å². The van der Waals surface area contributed by atoms with Gasteiger partial charge in [0.05, 0.1) is 11.4 Å². The minimum atomic E-state index is -0.702. The lowest BCUT2D eigenvalue weighted by molar-refractivity contribution is -0.146. The number of benzene rings is 1. The first kappa shape index (κ1) is 14.9. The fourth-order valence-corrected chi connectivity index (χ4v) is 1.34. The van der Waals surface area contributed by atoms with Gasteiger partial charge in [0.25, 0.3) is 0 Å². The summed E-state index contributed by atoms with van der Waals surface area (Å²) >= 11 is 0. The van der Waals surface area contributed by atoms with Crippen LogP contribution in [0.2, 0.25) is 0 Å². The van der Waals surface area contributed by atoms with Crippen molar-refractivity contribution in [2.24, 2.45) is 10.1 Å². The molecule has 0 saturated heterocycles. The second kappa shape index (κ2) is 6.13. The summed E-state index contributed by atoms with van der Waals surface area (Å²) in [7, 11) is 0. The van der Waals surface area contributed by atoms with Crippen molar-refractivity contribution in [3.8, 4) is 0 Å². The Hall–Kier alpha value is -2.17. The van der Waals surface area contributed by atoms with Crippen LogP contribution in [0.4, 0.5) is 5.69 Å². The number of hydrogen-bond acceptors (Lipinski definition) is 5. The van der Waals surface area contributed by atoms with E-state index < -0.39 is 11.6 Å². The first-order valence-electron chi connectivity index (χ1n) is 5.89. The Morgan fingerprint density at radius 3 is 2.26 bits per heavy atom. The highest BCUT2D eigenvalue weighted by Gasteiger charge is 2.23. The van der Waals surface area contributed by atoms with Gasteiger partial charge in [0.2, 0.25) is 5.71 Å². The van der Waals surface area contributed by atoms with Crippen LogP contribution in [0.3, 0.4) is 0 Å². The zero-order chi connectivity index (χ0) is 14.5. The van der Waals surface area contributed by atoms with E-state index in [0.717, 1.165) is 0 Å². The molecule has 19 heavy (non-hydrogen) atoms. The second-order valence-corrected chi connectivity index (χ2v) is 4.98. The molecule has 1 N–H and O–H groups in total. The SMILES string of the molecule is CC(=Nc1ccccc1)C(=NO)C(=O)OC(C)(C)C. The van der Waals surface area contributed by atoms with E-state index in [2.05, 4.69) is 10.1 Å². The minimum Gasteiger partial charge on any atom is -0.455 e. The van der Waals surface area contributed by atoms with Gasteiger partial charge in [-0.15, -0.1) is 0 Å². The van der Waals surface area contributed by atoms with Gasteiger partial charge in [-0.05, 0) is 39.8 Å². The van der Waals surface area contributed by atoms with E-state index in [4.69, 9.17) is 9.94 Å². The van der Waals surface area contributed by atoms with Gasteiger partial charge in [-0.3, -0.25) is 4.99 Å². The molecular formula is C14H18N2O3. The van der Waals surface area contributed by atoms with Crippen molar-refractivity contribution in [2.45, 2.75) is 33.3 Å². The standard InChI is InChI=1S/C14H18N2O3/c1-10(15-11-8-6-5-7-9-11)12(16-18)13(17)19-14(2,3)4/h5-9,18H,1-4H3. The molecule has 5 heteroatoms. The molecule has 102 valence electrons. The van der Waals surface area contributed by atoms with Crippen LogP contribution in [0, 0.1) is 0 Å². The molecule has 0 bridgehead atoms. The van der Waals surface area contributed by atoms with Crippen molar-refractivity contribution in [1.29, 1.82) is 0 Å². The maximum absolute atomic E-state index is 11.8. The molecule has 0 heterocycles. The summed E-state index contributed by atoms with van der Waals surface area (Å²) in [6.07, 6.45) is 0. The summed E-state index contributed by atoms with van der Waals surface area (Å²) in [5.41, 5.74) is 0.117. The van der Waals surface area contributed by atoms with E-state index in [0.29, 0.717) is 11.4 Å². The van der Waals surface area contributed by atoms with Crippen LogP contribution >= 0.6 is 0 Å². The van der Waals surface area contributed by atoms with E-state index in [1.54, 1.807) is 39.8 Å². The summed E-state index contributed by atoms with van der Waals surface area (Å²) in [5, 5.41) is 11.9. The van der Waals surface area contributed by atoms with E-state index in [9.17, 15) is 4.79 Å². The van der Waals surface area contributed by atoms with Crippen LogP contribution in [-0.2, 0) is 9.53 Å². The van der Waals surface area contributed by atoms with Crippen LogP contribution in [0.1, 0.15) is 27.7 Å². The number of aliphatic imine (C=N–C) groups is 1. The van der Waals surface area contributed by atoms with Crippen LogP contribution in [0.5, 0.6) is 0 Å². The maximum Gasteiger partial charge on any atom is 0.362 e. The molecular weight excluding hydrogens is 244 g/mol. The summed E-state index contributed by atoms with van der Waals surface area (Å²) in [5.74, 6) is -0.702. The molecule has 0 fully saturated rings. The Morgan fingerprint density at radius 2 is 1.79 bits per heavy atom. The van der Waals surface area contributed by atoms with Gasteiger partial charge in [-0.1, -0.05) is 23.4 Å². The van der Waals surface area contributed by atoms with Gasteiger partial charge < -0.3 is 9.94 Å². The number of rotatable bonds is 3. The van der Waals surface area contributed by atoms with Gasteiger partial charge in [-0.25, -0.2) is 4.79 Å². The third kappa shape index (κ3) is 4.91. The fourth-order valence-electron chi connectivity index (χ4n) is 1.34. The van der Waals surface area contributed by atoms with Crippen molar-refractivity contribution in [2.75, 3.05) is 0 Å². The molecule has 0 aliphatic carbocycles. The average Bonchev–Trinajstić information content (AvgIpc) is 2.28. The van der Waals surface area contributed by atoms with Crippen LogP contribution < -0.4 is 0 Å². The number of hydrogen-bond donors (Lipinski definition) is 1. The van der Waals surface area contributed by atoms with E-state index in [1.165, 1.54) is 0 Å². The van der Waals surface area contributed by atoms with Crippen molar-refractivity contribution >= 4 is 23.1 Å². The van der Waals surface area contributed by atoms with Crippen molar-refractivity contribution in [3.05, 3.63) is 30.3 Å². The Morgan fingerprint density at radius 1 is 1.21 bits per heavy atom. The highest BCUT2D eigenvalue weighted by atomic mass is 16.6. The Balaban J connectivity index is 2.93. The zero-order valence-electron chi connectivity index (χ0n) is 11.5. The number of para-hydroxylation sites is 1. The third-order valence-electron chi connectivity index (χ3n) is 2.09. The van der Waals surface area contributed by atoms with Gasteiger partial charge in [0, 0.05) is 0 Å². The zero-order valence-corrected chi connectivity index (χ0v) is 11.5. The topological polar surface area (TPSA) is 71.2 Å². The van der Waals surface area contributed by atoms with Gasteiger partial charge in [-0.2, -0.15) is 0 Å². The largest absolute Gasteiger partial charge is 0.455 e. The monoisotopic (exact) mass is 262 g/mol. The van der Waals surface area contributed by atoms with Crippen molar-refractivity contribution in [3.63, 3.8) is 0 Å². The molecule has 0 aliphatic heterocycles. The molecule has 0 saturated carbocycles. The highest BCUT2D eigenvalue weighted by molar-refractivity contribution is 6.65. The van der Waals surface area contributed by atoms with E-state index >= 15 is 0 Å². The lowest BCUT2D eigenvalue weighted by Gasteiger charge is -2.19. The fraction of sp³-hybridized carbons (Fsp3) is 0.357. The lowest BCUT2D eigenvalue weighted by atomic mass is 10.2. The van der Waals surface area contributed by atoms with E-state index in [-0.39, 0.29) is 5.71 Å². The Labute approximate surface area is 112 Å². The van der Waals surface area contributed by atoms with Crippen molar-refractivity contribution in [1.82, 2.24) is 0 Å². The normalized spacial score (nSPS) is 13.3. The molecule has 0 spiro atoms. The number of esters is 1. The number of oxime groups is 1. The molecule has 1 aromatic rings. The molecule has 0 aliphatic rings. The summed E-state index contributed by atoms with van der Waals surface area (Å²) in [6.45, 7) is 6.81. The second-order valence-electron chi connectivity index (χ2n) is 4.98. The molecule has 5 nitrogen and oxygen atoms in total. The molecule has 1 aromatic carbocycles. The van der Waals surface area contributed by atoms with Crippen LogP contribution in [-0.4, -0.2) is 28.2 Å². The predicted octanol–water partition coefficient (Wildman–Crippen LogP) is 2.95. The number of nitrogens with zero attached hydrogens (tertiary/aromatic N) is 2. The molecule has 0 aromatic heterocycles. The first-order chi connectivity index (χ1) is 8.83. The van der Waals surface area contributed by atoms with Gasteiger partial charge >= 0.3 is 5.97 Å². The smallest absolute Gasteiger partial charge is 0.362 e. The molecule has 0 amide bonds. The Kier molecular flexibility index (Phi) is 4.80. The summed E-state index contributed by atoms with van der Waals surface area (Å²) in [4.78, 5) is 16.0. The lowest BCUT2D eigenvalue weighted by Crippen LogP contribution is -2.32.